The number of hydrogen-bond donors (Lipinski definition) is 2. The molecule has 0 saturated carbocycles. The summed E-state index contributed by atoms with van der Waals surface area (Å²) in [5.74, 6) is 1.38. The molecule has 6 heteroatoms. The summed E-state index contributed by atoms with van der Waals surface area (Å²) in [5, 5.41) is 11.6. The highest BCUT2D eigenvalue weighted by molar-refractivity contribution is 5.41. The van der Waals surface area contributed by atoms with E-state index in [1.165, 1.54) is 12.4 Å². The highest BCUT2D eigenvalue weighted by atomic mass is 16.5. The SMILES string of the molecule is N#Cc1cnc(NCCOc2ccc(N)cc2)cn1. The van der Waals surface area contributed by atoms with E-state index in [1.54, 1.807) is 12.1 Å². The van der Waals surface area contributed by atoms with Crippen molar-refractivity contribution < 1.29 is 4.74 Å². The Bertz CT molecular complexity index is 559. The van der Waals surface area contributed by atoms with Gasteiger partial charge in [0.1, 0.15) is 24.2 Å². The number of hydrogen-bond acceptors (Lipinski definition) is 6. The van der Waals surface area contributed by atoms with Crippen molar-refractivity contribution in [3.05, 3.63) is 42.4 Å². The molecule has 19 heavy (non-hydrogen) atoms. The molecule has 0 aliphatic carbocycles. The van der Waals surface area contributed by atoms with Gasteiger partial charge in [0.15, 0.2) is 5.69 Å². The zero-order valence-corrected chi connectivity index (χ0v) is 10.2. The Morgan fingerprint density at radius 2 is 2.00 bits per heavy atom. The van der Waals surface area contributed by atoms with E-state index in [-0.39, 0.29) is 0 Å². The largest absolute Gasteiger partial charge is 0.492 e. The second kappa shape index (κ2) is 6.21. The highest BCUT2D eigenvalue weighted by Crippen LogP contribution is 2.12. The summed E-state index contributed by atoms with van der Waals surface area (Å²) in [6, 6.07) is 9.12. The standard InChI is InChI=1S/C13H13N5O/c14-7-11-8-18-13(9-17-11)16-5-6-19-12-3-1-10(15)2-4-12/h1-4,8-9H,5-6,15H2,(H,16,18). The molecule has 96 valence electrons. The smallest absolute Gasteiger partial charge is 0.158 e. The van der Waals surface area contributed by atoms with Crippen molar-refractivity contribution in [2.75, 3.05) is 24.2 Å². The summed E-state index contributed by atoms with van der Waals surface area (Å²) in [7, 11) is 0. The number of ether oxygens (including phenoxy) is 1. The topological polar surface area (TPSA) is 96.8 Å². The maximum atomic E-state index is 8.59. The summed E-state index contributed by atoms with van der Waals surface area (Å²) in [4.78, 5) is 7.94. The Kier molecular flexibility index (Phi) is 4.13. The second-order valence-corrected chi connectivity index (χ2v) is 3.74. The number of anilines is 2. The van der Waals surface area contributed by atoms with Crippen molar-refractivity contribution in [1.29, 1.82) is 5.26 Å². The van der Waals surface area contributed by atoms with Gasteiger partial charge in [-0.2, -0.15) is 5.26 Å². The first-order valence-corrected chi connectivity index (χ1v) is 5.72. The minimum absolute atomic E-state index is 0.295. The molecule has 0 radical (unpaired) electrons. The average molecular weight is 255 g/mol. The molecule has 2 aromatic rings. The van der Waals surface area contributed by atoms with Crippen LogP contribution in [0.3, 0.4) is 0 Å². The summed E-state index contributed by atoms with van der Waals surface area (Å²) in [6.45, 7) is 1.08. The Morgan fingerprint density at radius 3 is 2.63 bits per heavy atom. The van der Waals surface area contributed by atoms with Gasteiger partial charge in [-0.15, -0.1) is 0 Å². The van der Waals surface area contributed by atoms with Gasteiger partial charge in [-0.1, -0.05) is 0 Å². The Labute approximate surface area is 110 Å². The molecule has 0 unspecified atom stereocenters. The van der Waals surface area contributed by atoms with E-state index >= 15 is 0 Å². The van der Waals surface area contributed by atoms with Gasteiger partial charge in [0.25, 0.3) is 0 Å². The van der Waals surface area contributed by atoms with Crippen molar-refractivity contribution in [3.8, 4) is 11.8 Å². The molecule has 0 aliphatic heterocycles. The van der Waals surface area contributed by atoms with Crippen LogP contribution in [0.5, 0.6) is 5.75 Å². The quantitative estimate of drug-likeness (QED) is 0.619. The molecule has 3 N–H and O–H groups in total. The third-order valence-corrected chi connectivity index (χ3v) is 2.32. The minimum atomic E-state index is 0.295. The fourth-order valence-corrected chi connectivity index (χ4v) is 1.39. The lowest BCUT2D eigenvalue weighted by Crippen LogP contribution is -2.12. The number of nitriles is 1. The molecule has 0 atom stereocenters. The summed E-state index contributed by atoms with van der Waals surface area (Å²) < 4.78 is 5.51. The highest BCUT2D eigenvalue weighted by Gasteiger charge is 1.97. The molecule has 2 rings (SSSR count). The second-order valence-electron chi connectivity index (χ2n) is 3.74. The Hall–Kier alpha value is -2.81. The average Bonchev–Trinajstić information content (AvgIpc) is 2.46. The van der Waals surface area contributed by atoms with Crippen LogP contribution >= 0.6 is 0 Å². The normalized spacial score (nSPS) is 9.63. The molecule has 1 aromatic carbocycles. The van der Waals surface area contributed by atoms with Crippen molar-refractivity contribution in [2.45, 2.75) is 0 Å². The lowest BCUT2D eigenvalue weighted by atomic mass is 10.3. The van der Waals surface area contributed by atoms with Crippen LogP contribution in [0.15, 0.2) is 36.7 Å². The molecule has 6 nitrogen and oxygen atoms in total. The van der Waals surface area contributed by atoms with E-state index in [0.717, 1.165) is 5.75 Å². The van der Waals surface area contributed by atoms with Gasteiger partial charge in [-0.3, -0.25) is 0 Å². The zero-order valence-electron chi connectivity index (χ0n) is 10.2. The molecule has 0 amide bonds. The molecular formula is C13H13N5O. The van der Waals surface area contributed by atoms with Crippen LogP contribution in [0.4, 0.5) is 11.5 Å². The van der Waals surface area contributed by atoms with Crippen molar-refractivity contribution in [1.82, 2.24) is 9.97 Å². The number of nitrogens with one attached hydrogen (secondary N) is 1. The first-order valence-electron chi connectivity index (χ1n) is 5.72. The lowest BCUT2D eigenvalue weighted by Gasteiger charge is -2.07. The van der Waals surface area contributed by atoms with Crippen LogP contribution in [0.1, 0.15) is 5.69 Å². The number of rotatable bonds is 5. The number of nitrogens with zero attached hydrogens (tertiary/aromatic N) is 3. The summed E-state index contributed by atoms with van der Waals surface area (Å²) in [5.41, 5.74) is 6.58. The van der Waals surface area contributed by atoms with Crippen LogP contribution in [0.25, 0.3) is 0 Å². The lowest BCUT2D eigenvalue weighted by molar-refractivity contribution is 0.333. The van der Waals surface area contributed by atoms with Crippen molar-refractivity contribution in [2.24, 2.45) is 0 Å². The van der Waals surface area contributed by atoms with Crippen LogP contribution in [-0.2, 0) is 0 Å². The Morgan fingerprint density at radius 1 is 1.21 bits per heavy atom. The number of aromatic nitrogens is 2. The molecule has 0 fully saturated rings. The van der Waals surface area contributed by atoms with Crippen molar-refractivity contribution in [3.63, 3.8) is 0 Å². The molecule has 0 spiro atoms. The minimum Gasteiger partial charge on any atom is -0.492 e. The van der Waals surface area contributed by atoms with Gasteiger partial charge in [0.05, 0.1) is 18.9 Å². The van der Waals surface area contributed by atoms with E-state index in [2.05, 4.69) is 15.3 Å². The van der Waals surface area contributed by atoms with E-state index in [9.17, 15) is 0 Å². The van der Waals surface area contributed by atoms with Crippen molar-refractivity contribution >= 4 is 11.5 Å². The Balaban J connectivity index is 1.74. The predicted molar refractivity (Wildman–Crippen MR) is 71.6 cm³/mol. The van der Waals surface area contributed by atoms with E-state index in [4.69, 9.17) is 15.7 Å². The predicted octanol–water partition coefficient (Wildman–Crippen LogP) is 1.42. The first-order chi connectivity index (χ1) is 9.28. The van der Waals surface area contributed by atoms with E-state index in [1.807, 2.05) is 18.2 Å². The summed E-state index contributed by atoms with van der Waals surface area (Å²) in [6.07, 6.45) is 2.94. The van der Waals surface area contributed by atoms with E-state index in [0.29, 0.717) is 30.4 Å². The molecular weight excluding hydrogens is 242 g/mol. The van der Waals surface area contributed by atoms with Crippen LogP contribution in [0.2, 0.25) is 0 Å². The maximum absolute atomic E-state index is 8.59. The molecule has 0 saturated heterocycles. The molecule has 0 bridgehead atoms. The fraction of sp³-hybridized carbons (Fsp3) is 0.154. The first kappa shape index (κ1) is 12.6. The van der Waals surface area contributed by atoms with Crippen LogP contribution in [-0.4, -0.2) is 23.1 Å². The third kappa shape index (κ3) is 3.85. The molecule has 1 heterocycles. The zero-order chi connectivity index (χ0) is 13.5. The van der Waals surface area contributed by atoms with Gasteiger partial charge < -0.3 is 15.8 Å². The number of nitrogens with two attached hydrogens (primary N) is 1. The number of nitrogen functional groups attached to an aromatic ring is 1. The van der Waals surface area contributed by atoms with Gasteiger partial charge >= 0.3 is 0 Å². The van der Waals surface area contributed by atoms with Gasteiger partial charge in [-0.05, 0) is 24.3 Å². The van der Waals surface area contributed by atoms with Gasteiger partial charge in [0.2, 0.25) is 0 Å². The van der Waals surface area contributed by atoms with E-state index < -0.39 is 0 Å². The third-order valence-electron chi connectivity index (χ3n) is 2.32. The molecule has 1 aromatic heterocycles. The summed E-state index contributed by atoms with van der Waals surface area (Å²) >= 11 is 0. The molecule has 0 aliphatic rings. The fourth-order valence-electron chi connectivity index (χ4n) is 1.39. The van der Waals surface area contributed by atoms with Crippen LogP contribution in [0, 0.1) is 11.3 Å². The van der Waals surface area contributed by atoms with Crippen LogP contribution < -0.4 is 15.8 Å². The monoisotopic (exact) mass is 255 g/mol. The van der Waals surface area contributed by atoms with Gasteiger partial charge in [0, 0.05) is 5.69 Å². The van der Waals surface area contributed by atoms with Gasteiger partial charge in [-0.25, -0.2) is 9.97 Å². The number of benzene rings is 1. The maximum Gasteiger partial charge on any atom is 0.158 e.